The molecule has 0 radical (unpaired) electrons. The molecule has 0 bridgehead atoms. The smallest absolute Gasteiger partial charge is 0.137 e. The molecular weight excluding hydrogens is 266 g/mol. The van der Waals surface area contributed by atoms with Gasteiger partial charge in [0.05, 0.1) is 6.04 Å². The Bertz CT molecular complexity index is 328. The number of benzene rings is 1. The van der Waals surface area contributed by atoms with E-state index in [1.165, 1.54) is 12.0 Å². The summed E-state index contributed by atoms with van der Waals surface area (Å²) in [6.45, 7) is 8.31. The average molecular weight is 287 g/mol. The normalized spacial score (nSPS) is 12.5. The summed E-state index contributed by atoms with van der Waals surface area (Å²) in [4.78, 5) is 0. The van der Waals surface area contributed by atoms with Crippen LogP contribution in [0, 0.1) is 6.92 Å². The van der Waals surface area contributed by atoms with Gasteiger partial charge < -0.3 is 10.1 Å². The van der Waals surface area contributed by atoms with Crippen LogP contribution in [0.15, 0.2) is 22.7 Å². The van der Waals surface area contributed by atoms with Gasteiger partial charge in [0.2, 0.25) is 0 Å². The highest BCUT2D eigenvalue weighted by Gasteiger charge is 2.02. The number of rotatable bonds is 6. The molecule has 0 amide bonds. The van der Waals surface area contributed by atoms with Gasteiger partial charge >= 0.3 is 0 Å². The fourth-order valence-corrected chi connectivity index (χ4v) is 1.94. The molecule has 0 heterocycles. The molecule has 1 atom stereocenters. The van der Waals surface area contributed by atoms with Crippen LogP contribution in [-0.2, 0) is 0 Å². The second kappa shape index (κ2) is 6.92. The second-order valence-corrected chi connectivity index (χ2v) is 5.08. The van der Waals surface area contributed by atoms with Crippen LogP contribution in [0.3, 0.4) is 0 Å². The zero-order chi connectivity index (χ0) is 12.0. The maximum Gasteiger partial charge on any atom is 0.137 e. The Morgan fingerprint density at radius 2 is 2.19 bits per heavy atom. The number of ether oxygens (including phenoxy) is 1. The van der Waals surface area contributed by atoms with Crippen molar-refractivity contribution in [3.63, 3.8) is 0 Å². The van der Waals surface area contributed by atoms with Gasteiger partial charge in [-0.05, 0) is 44.0 Å². The van der Waals surface area contributed by atoms with Gasteiger partial charge in [-0.2, -0.15) is 0 Å². The summed E-state index contributed by atoms with van der Waals surface area (Å²) < 4.78 is 6.84. The van der Waals surface area contributed by atoms with Crippen LogP contribution < -0.4 is 10.1 Å². The third kappa shape index (κ3) is 4.54. The molecule has 0 aliphatic carbocycles. The first-order valence-electron chi connectivity index (χ1n) is 5.85. The lowest BCUT2D eigenvalue weighted by molar-refractivity contribution is -0.686. The van der Waals surface area contributed by atoms with E-state index in [9.17, 15) is 0 Å². The zero-order valence-electron chi connectivity index (χ0n) is 10.3. The molecule has 0 saturated heterocycles. The first kappa shape index (κ1) is 13.5. The Kier molecular flexibility index (Phi) is 5.85. The highest BCUT2D eigenvalue weighted by molar-refractivity contribution is 9.10. The number of aryl methyl sites for hydroxylation is 1. The quantitative estimate of drug-likeness (QED) is 0.799. The molecular formula is C13H21BrNO+. The Hall–Kier alpha value is -0.540. The number of halogens is 1. The maximum absolute atomic E-state index is 5.73. The van der Waals surface area contributed by atoms with E-state index in [0.29, 0.717) is 6.04 Å². The molecule has 0 aromatic heterocycles. The lowest BCUT2D eigenvalue weighted by Crippen LogP contribution is -2.90. The van der Waals surface area contributed by atoms with Gasteiger partial charge in [0.1, 0.15) is 18.9 Å². The van der Waals surface area contributed by atoms with Crippen molar-refractivity contribution in [1.82, 2.24) is 0 Å². The van der Waals surface area contributed by atoms with Gasteiger partial charge in [-0.25, -0.2) is 0 Å². The van der Waals surface area contributed by atoms with Gasteiger partial charge in [-0.3, -0.25) is 0 Å². The number of hydrogen-bond acceptors (Lipinski definition) is 1. The van der Waals surface area contributed by atoms with Gasteiger partial charge in [0.15, 0.2) is 0 Å². The van der Waals surface area contributed by atoms with Gasteiger partial charge in [0.25, 0.3) is 0 Å². The van der Waals surface area contributed by atoms with Crippen LogP contribution in [0.25, 0.3) is 0 Å². The van der Waals surface area contributed by atoms with Crippen LogP contribution in [0.4, 0.5) is 0 Å². The van der Waals surface area contributed by atoms with E-state index in [1.54, 1.807) is 0 Å². The summed E-state index contributed by atoms with van der Waals surface area (Å²) in [6.07, 6.45) is 1.21. The Labute approximate surface area is 107 Å². The predicted octanol–water partition coefficient (Wildman–Crippen LogP) is 2.50. The van der Waals surface area contributed by atoms with Gasteiger partial charge in [-0.15, -0.1) is 0 Å². The van der Waals surface area contributed by atoms with E-state index in [-0.39, 0.29) is 0 Å². The topological polar surface area (TPSA) is 25.8 Å². The lowest BCUT2D eigenvalue weighted by atomic mass is 10.2. The maximum atomic E-state index is 5.73. The van der Waals surface area contributed by atoms with E-state index < -0.39 is 0 Å². The second-order valence-electron chi connectivity index (χ2n) is 4.17. The summed E-state index contributed by atoms with van der Waals surface area (Å²) in [7, 11) is 0. The average Bonchev–Trinajstić information content (AvgIpc) is 2.26. The highest BCUT2D eigenvalue weighted by atomic mass is 79.9. The lowest BCUT2D eigenvalue weighted by Gasteiger charge is -2.11. The molecule has 2 nitrogen and oxygen atoms in total. The Balaban J connectivity index is 2.32. The summed E-state index contributed by atoms with van der Waals surface area (Å²) in [5.74, 6) is 0.987. The molecule has 0 aliphatic rings. The summed E-state index contributed by atoms with van der Waals surface area (Å²) >= 11 is 3.44. The van der Waals surface area contributed by atoms with Crippen molar-refractivity contribution in [1.29, 1.82) is 0 Å². The van der Waals surface area contributed by atoms with Crippen molar-refractivity contribution in [2.45, 2.75) is 33.2 Å². The largest absolute Gasteiger partial charge is 0.487 e. The first-order chi connectivity index (χ1) is 7.63. The van der Waals surface area contributed by atoms with Crippen molar-refractivity contribution < 1.29 is 10.1 Å². The molecule has 0 spiro atoms. The molecule has 0 unspecified atom stereocenters. The van der Waals surface area contributed by atoms with Crippen LogP contribution in [-0.4, -0.2) is 19.2 Å². The van der Waals surface area contributed by atoms with Gasteiger partial charge in [-0.1, -0.05) is 22.9 Å². The van der Waals surface area contributed by atoms with Crippen molar-refractivity contribution >= 4 is 15.9 Å². The predicted molar refractivity (Wildman–Crippen MR) is 70.9 cm³/mol. The van der Waals surface area contributed by atoms with E-state index in [0.717, 1.165) is 23.4 Å². The van der Waals surface area contributed by atoms with Crippen molar-refractivity contribution in [2.24, 2.45) is 0 Å². The molecule has 90 valence electrons. The minimum atomic E-state index is 0.689. The summed E-state index contributed by atoms with van der Waals surface area (Å²) in [5.41, 5.74) is 1.18. The molecule has 2 N–H and O–H groups in total. The van der Waals surface area contributed by atoms with Crippen molar-refractivity contribution in [2.75, 3.05) is 13.2 Å². The highest BCUT2D eigenvalue weighted by Crippen LogP contribution is 2.21. The molecule has 0 fully saturated rings. The number of quaternary nitrogens is 1. The summed E-state index contributed by atoms with van der Waals surface area (Å²) in [5, 5.41) is 2.33. The standard InChI is InChI=1S/C13H20BrNO/c1-4-11(3)15-7-8-16-13-6-5-12(14)9-10(13)2/h5-6,9,11,15H,4,7-8H2,1-3H3/p+1/t11-/m1/s1. The minimum Gasteiger partial charge on any atom is -0.487 e. The molecule has 1 aromatic carbocycles. The molecule has 1 aromatic rings. The molecule has 0 saturated carbocycles. The third-order valence-corrected chi connectivity index (χ3v) is 3.22. The van der Waals surface area contributed by atoms with E-state index in [2.05, 4.69) is 48.1 Å². The molecule has 3 heteroatoms. The van der Waals surface area contributed by atoms with E-state index in [4.69, 9.17) is 4.74 Å². The monoisotopic (exact) mass is 286 g/mol. The number of nitrogens with two attached hydrogens (primary N) is 1. The van der Waals surface area contributed by atoms with E-state index in [1.807, 2.05) is 12.1 Å². The summed E-state index contributed by atoms with van der Waals surface area (Å²) in [6, 6.07) is 6.80. The zero-order valence-corrected chi connectivity index (χ0v) is 11.9. The Morgan fingerprint density at radius 1 is 1.44 bits per heavy atom. The fourth-order valence-electron chi connectivity index (χ4n) is 1.46. The molecule has 1 rings (SSSR count). The van der Waals surface area contributed by atoms with Gasteiger partial charge in [0, 0.05) is 4.47 Å². The molecule has 16 heavy (non-hydrogen) atoms. The fraction of sp³-hybridized carbons (Fsp3) is 0.538. The van der Waals surface area contributed by atoms with Crippen LogP contribution in [0.2, 0.25) is 0 Å². The SMILES string of the molecule is CC[C@@H](C)[NH2+]CCOc1ccc(Br)cc1C. The van der Waals surface area contributed by atoms with Crippen LogP contribution in [0.1, 0.15) is 25.8 Å². The van der Waals surface area contributed by atoms with Crippen molar-refractivity contribution in [3.05, 3.63) is 28.2 Å². The van der Waals surface area contributed by atoms with Crippen LogP contribution in [0.5, 0.6) is 5.75 Å². The third-order valence-electron chi connectivity index (χ3n) is 2.73. The van der Waals surface area contributed by atoms with Crippen molar-refractivity contribution in [3.8, 4) is 5.75 Å². The molecule has 0 aliphatic heterocycles. The van der Waals surface area contributed by atoms with Crippen LogP contribution >= 0.6 is 15.9 Å². The Morgan fingerprint density at radius 3 is 2.81 bits per heavy atom. The van der Waals surface area contributed by atoms with E-state index >= 15 is 0 Å². The number of hydrogen-bond donors (Lipinski definition) is 1. The minimum absolute atomic E-state index is 0.689. The first-order valence-corrected chi connectivity index (χ1v) is 6.65.